The van der Waals surface area contributed by atoms with Crippen LogP contribution in [0.1, 0.15) is 11.3 Å². The highest BCUT2D eigenvalue weighted by Crippen LogP contribution is 2.23. The molecule has 0 aliphatic carbocycles. The topological polar surface area (TPSA) is 137 Å². The SMILES string of the molecule is Cc1ccc(Oc2ccc(/N=c3\[nH]c(=O)n(CC(N)=O)c(=O)n3Cc3ccc(Cl)cc3)cc2)cn1. The Labute approximate surface area is 203 Å². The van der Waals surface area contributed by atoms with Gasteiger partial charge in [0.1, 0.15) is 18.0 Å². The fraction of sp³-hybridized carbons (Fsp3) is 0.125. The normalized spacial score (nSPS) is 11.4. The van der Waals surface area contributed by atoms with Gasteiger partial charge in [0, 0.05) is 10.7 Å². The zero-order chi connectivity index (χ0) is 24.9. The molecule has 0 atom stereocenters. The summed E-state index contributed by atoms with van der Waals surface area (Å²) in [6.45, 7) is 1.40. The molecule has 0 spiro atoms. The van der Waals surface area contributed by atoms with E-state index in [1.165, 1.54) is 4.57 Å². The molecule has 11 heteroatoms. The lowest BCUT2D eigenvalue weighted by Crippen LogP contribution is -2.51. The number of aromatic nitrogens is 4. The van der Waals surface area contributed by atoms with Crippen molar-refractivity contribution >= 4 is 23.2 Å². The van der Waals surface area contributed by atoms with E-state index in [2.05, 4.69) is 15.0 Å². The van der Waals surface area contributed by atoms with Crippen LogP contribution in [0.25, 0.3) is 0 Å². The van der Waals surface area contributed by atoms with E-state index >= 15 is 0 Å². The minimum absolute atomic E-state index is 0.00655. The van der Waals surface area contributed by atoms with Crippen LogP contribution in [0.4, 0.5) is 5.69 Å². The summed E-state index contributed by atoms with van der Waals surface area (Å²) in [5, 5.41) is 0.542. The van der Waals surface area contributed by atoms with Crippen molar-refractivity contribution in [3.63, 3.8) is 0 Å². The van der Waals surface area contributed by atoms with E-state index in [1.54, 1.807) is 54.7 Å². The van der Waals surface area contributed by atoms with Gasteiger partial charge in [-0.05, 0) is 61.0 Å². The Balaban J connectivity index is 1.72. The molecule has 35 heavy (non-hydrogen) atoms. The fourth-order valence-electron chi connectivity index (χ4n) is 3.21. The van der Waals surface area contributed by atoms with E-state index in [0.29, 0.717) is 22.2 Å². The Morgan fingerprint density at radius 1 is 1.03 bits per heavy atom. The number of benzene rings is 2. The van der Waals surface area contributed by atoms with Gasteiger partial charge in [0.05, 0.1) is 18.4 Å². The highest BCUT2D eigenvalue weighted by Gasteiger charge is 2.12. The molecule has 2 aromatic carbocycles. The van der Waals surface area contributed by atoms with E-state index in [-0.39, 0.29) is 12.2 Å². The molecule has 178 valence electrons. The molecule has 4 rings (SSSR count). The molecule has 0 saturated carbocycles. The number of pyridine rings is 1. The Morgan fingerprint density at radius 2 is 1.71 bits per heavy atom. The number of primary amides is 1. The largest absolute Gasteiger partial charge is 0.456 e. The minimum atomic E-state index is -0.820. The monoisotopic (exact) mass is 492 g/mol. The van der Waals surface area contributed by atoms with E-state index < -0.39 is 23.8 Å². The molecule has 10 nitrogen and oxygen atoms in total. The first-order valence-electron chi connectivity index (χ1n) is 10.5. The number of aromatic amines is 1. The second-order valence-corrected chi connectivity index (χ2v) is 8.08. The van der Waals surface area contributed by atoms with Crippen LogP contribution in [0.15, 0.2) is 81.4 Å². The van der Waals surface area contributed by atoms with Crippen LogP contribution in [0.3, 0.4) is 0 Å². The van der Waals surface area contributed by atoms with Crippen LogP contribution in [0.2, 0.25) is 5.02 Å². The van der Waals surface area contributed by atoms with Crippen molar-refractivity contribution in [3.05, 3.63) is 110 Å². The van der Waals surface area contributed by atoms with E-state index in [9.17, 15) is 14.4 Å². The van der Waals surface area contributed by atoms with Crippen molar-refractivity contribution in [2.24, 2.45) is 10.7 Å². The van der Waals surface area contributed by atoms with Gasteiger partial charge in [0.2, 0.25) is 11.5 Å². The van der Waals surface area contributed by atoms with Gasteiger partial charge in [-0.2, -0.15) is 0 Å². The summed E-state index contributed by atoms with van der Waals surface area (Å²) in [7, 11) is 0. The first-order valence-corrected chi connectivity index (χ1v) is 10.9. The number of nitrogens with two attached hydrogens (primary N) is 1. The smallest absolute Gasteiger partial charge is 0.335 e. The van der Waals surface area contributed by atoms with Gasteiger partial charge >= 0.3 is 11.4 Å². The number of nitrogens with zero attached hydrogens (tertiary/aromatic N) is 4. The third-order valence-electron chi connectivity index (χ3n) is 4.94. The number of ether oxygens (including phenoxy) is 1. The van der Waals surface area contributed by atoms with Crippen LogP contribution < -0.4 is 27.5 Å². The second kappa shape index (κ2) is 10.2. The average Bonchev–Trinajstić information content (AvgIpc) is 2.83. The van der Waals surface area contributed by atoms with Crippen molar-refractivity contribution in [1.82, 2.24) is 19.1 Å². The molecule has 4 aromatic rings. The fourth-order valence-corrected chi connectivity index (χ4v) is 3.34. The van der Waals surface area contributed by atoms with Crippen LogP contribution in [-0.4, -0.2) is 25.0 Å². The number of hydrogen-bond acceptors (Lipinski definition) is 6. The first kappa shape index (κ1) is 23.7. The molecular formula is C24H21ClN6O4. The number of carbonyl (C=O) groups excluding carboxylic acids is 1. The molecule has 1 amide bonds. The summed E-state index contributed by atoms with van der Waals surface area (Å²) >= 11 is 5.95. The number of carbonyl (C=O) groups is 1. The van der Waals surface area contributed by atoms with Crippen molar-refractivity contribution in [1.29, 1.82) is 0 Å². The van der Waals surface area contributed by atoms with Gasteiger partial charge in [0.15, 0.2) is 0 Å². The molecule has 2 aromatic heterocycles. The Bertz CT molecular complexity index is 1540. The summed E-state index contributed by atoms with van der Waals surface area (Å²) in [4.78, 5) is 48.1. The van der Waals surface area contributed by atoms with Gasteiger partial charge in [0.25, 0.3) is 0 Å². The molecule has 2 heterocycles. The van der Waals surface area contributed by atoms with Crippen molar-refractivity contribution in [3.8, 4) is 11.5 Å². The number of H-pyrrole nitrogens is 1. The summed E-state index contributed by atoms with van der Waals surface area (Å²) in [6.07, 6.45) is 1.62. The summed E-state index contributed by atoms with van der Waals surface area (Å²) < 4.78 is 7.74. The number of aryl methyl sites for hydroxylation is 1. The molecule has 0 unspecified atom stereocenters. The standard InChI is InChI=1S/C24H21ClN6O4/c1-15-2-9-20(12-27-15)35-19-10-7-18(8-11-19)28-22-29-23(33)31(14-21(26)32)24(34)30(22)13-16-3-5-17(25)6-4-16/h2-12H,13-14H2,1H3,(H2,26,32)(H,28,29,33). The lowest BCUT2D eigenvalue weighted by atomic mass is 10.2. The number of nitrogens with one attached hydrogen (secondary N) is 1. The molecule has 0 bridgehead atoms. The van der Waals surface area contributed by atoms with Gasteiger partial charge in [-0.25, -0.2) is 19.1 Å². The van der Waals surface area contributed by atoms with E-state index in [4.69, 9.17) is 22.1 Å². The second-order valence-electron chi connectivity index (χ2n) is 7.64. The lowest BCUT2D eigenvalue weighted by molar-refractivity contribution is -0.118. The summed E-state index contributed by atoms with van der Waals surface area (Å²) in [5.41, 5.74) is 5.77. The highest BCUT2D eigenvalue weighted by atomic mass is 35.5. The number of rotatable bonds is 7. The molecule has 0 radical (unpaired) electrons. The van der Waals surface area contributed by atoms with Gasteiger partial charge < -0.3 is 10.5 Å². The molecule has 0 aliphatic heterocycles. The van der Waals surface area contributed by atoms with Crippen molar-refractivity contribution in [2.45, 2.75) is 20.0 Å². The predicted molar refractivity (Wildman–Crippen MR) is 130 cm³/mol. The zero-order valence-electron chi connectivity index (χ0n) is 18.6. The quantitative estimate of drug-likeness (QED) is 0.407. The van der Waals surface area contributed by atoms with Crippen LogP contribution >= 0.6 is 11.6 Å². The zero-order valence-corrected chi connectivity index (χ0v) is 19.4. The van der Waals surface area contributed by atoms with Crippen LogP contribution in [0, 0.1) is 6.92 Å². The maximum absolute atomic E-state index is 13.1. The number of amides is 1. The molecule has 0 saturated heterocycles. The van der Waals surface area contributed by atoms with Gasteiger partial charge in [-0.15, -0.1) is 0 Å². The van der Waals surface area contributed by atoms with Crippen molar-refractivity contribution in [2.75, 3.05) is 0 Å². The van der Waals surface area contributed by atoms with Gasteiger partial charge in [-0.3, -0.25) is 19.3 Å². The Morgan fingerprint density at radius 3 is 2.34 bits per heavy atom. The van der Waals surface area contributed by atoms with E-state index in [0.717, 1.165) is 15.8 Å². The molecule has 0 aliphatic rings. The number of hydrogen-bond donors (Lipinski definition) is 2. The van der Waals surface area contributed by atoms with Gasteiger partial charge in [-0.1, -0.05) is 23.7 Å². The summed E-state index contributed by atoms with van der Waals surface area (Å²) in [6, 6.07) is 17.3. The van der Waals surface area contributed by atoms with E-state index in [1.807, 2.05) is 19.1 Å². The maximum atomic E-state index is 13.1. The summed E-state index contributed by atoms with van der Waals surface area (Å²) in [5.74, 6) is 0.331. The molecular weight excluding hydrogens is 472 g/mol. The van der Waals surface area contributed by atoms with Crippen LogP contribution in [-0.2, 0) is 17.9 Å². The lowest BCUT2D eigenvalue weighted by Gasteiger charge is -2.10. The first-order chi connectivity index (χ1) is 16.8. The predicted octanol–water partition coefficient (Wildman–Crippen LogP) is 2.25. The highest BCUT2D eigenvalue weighted by molar-refractivity contribution is 6.30. The third kappa shape index (κ3) is 5.92. The maximum Gasteiger partial charge on any atom is 0.335 e. The minimum Gasteiger partial charge on any atom is -0.456 e. The Hall–Kier alpha value is -4.44. The average molecular weight is 493 g/mol. The van der Waals surface area contributed by atoms with Crippen molar-refractivity contribution < 1.29 is 9.53 Å². The molecule has 0 fully saturated rings. The number of halogens is 1. The Kier molecular flexibility index (Phi) is 6.93. The molecule has 3 N–H and O–H groups in total. The third-order valence-corrected chi connectivity index (χ3v) is 5.19. The van der Waals surface area contributed by atoms with Crippen LogP contribution in [0.5, 0.6) is 11.5 Å².